The van der Waals surface area contributed by atoms with Crippen LogP contribution in [0, 0.1) is 0 Å². The normalized spacial score (nSPS) is 10.5. The minimum absolute atomic E-state index is 0.247. The fourth-order valence-corrected chi connectivity index (χ4v) is 1.94. The number of tetrazole rings is 1. The van der Waals surface area contributed by atoms with Crippen molar-refractivity contribution >= 4 is 6.29 Å². The van der Waals surface area contributed by atoms with Crippen LogP contribution in [0.15, 0.2) is 18.2 Å². The van der Waals surface area contributed by atoms with Crippen LogP contribution in [0.2, 0.25) is 0 Å². The number of benzene rings is 1. The van der Waals surface area contributed by atoms with Crippen molar-refractivity contribution in [2.75, 3.05) is 6.61 Å². The van der Waals surface area contributed by atoms with Gasteiger partial charge in [0, 0.05) is 12.1 Å². The third-order valence-corrected chi connectivity index (χ3v) is 3.09. The molecule has 1 heterocycles. The van der Waals surface area contributed by atoms with E-state index in [1.54, 1.807) is 22.9 Å². The largest absolute Gasteiger partial charge is 0.490 e. The average molecular weight is 304 g/mol. The van der Waals surface area contributed by atoms with Crippen molar-refractivity contribution < 1.29 is 14.3 Å². The van der Waals surface area contributed by atoms with Crippen molar-refractivity contribution in [2.45, 2.75) is 39.8 Å². The minimum atomic E-state index is 0.247. The van der Waals surface area contributed by atoms with E-state index in [-0.39, 0.29) is 6.61 Å². The molecular formula is C15H20N4O3. The summed E-state index contributed by atoms with van der Waals surface area (Å²) < 4.78 is 13.0. The maximum atomic E-state index is 10.8. The van der Waals surface area contributed by atoms with Crippen molar-refractivity contribution in [3.63, 3.8) is 0 Å². The number of aldehydes is 1. The predicted octanol–water partition coefficient (Wildman–Crippen LogP) is 2.26. The molecule has 0 radical (unpaired) electrons. The van der Waals surface area contributed by atoms with Crippen molar-refractivity contribution in [3.05, 3.63) is 29.6 Å². The van der Waals surface area contributed by atoms with E-state index in [4.69, 9.17) is 9.47 Å². The number of unbranched alkanes of at least 4 members (excludes halogenated alkanes) is 1. The molecule has 0 aliphatic rings. The van der Waals surface area contributed by atoms with Crippen LogP contribution in [0.25, 0.3) is 0 Å². The third-order valence-electron chi connectivity index (χ3n) is 3.09. The molecule has 0 atom stereocenters. The van der Waals surface area contributed by atoms with Gasteiger partial charge in [0.15, 0.2) is 17.3 Å². The standard InChI is InChI=1S/C15H20N4O3/c1-3-5-8-19-15(16-17-18-19)11-22-13-7-6-12(10-20)9-14(13)21-4-2/h6-7,9-10H,3-5,8,11H2,1-2H3. The molecule has 2 rings (SSSR count). The summed E-state index contributed by atoms with van der Waals surface area (Å²) in [5, 5.41) is 11.6. The average Bonchev–Trinajstić information content (AvgIpc) is 2.99. The monoisotopic (exact) mass is 304 g/mol. The van der Waals surface area contributed by atoms with Crippen LogP contribution < -0.4 is 9.47 Å². The van der Waals surface area contributed by atoms with Gasteiger partial charge in [-0.15, -0.1) is 5.10 Å². The predicted molar refractivity (Wildman–Crippen MR) is 80.1 cm³/mol. The Hall–Kier alpha value is -2.44. The van der Waals surface area contributed by atoms with E-state index in [9.17, 15) is 4.79 Å². The Morgan fingerprint density at radius 1 is 1.23 bits per heavy atom. The van der Waals surface area contributed by atoms with E-state index in [0.717, 1.165) is 25.7 Å². The van der Waals surface area contributed by atoms with E-state index in [2.05, 4.69) is 22.4 Å². The van der Waals surface area contributed by atoms with E-state index < -0.39 is 0 Å². The topological polar surface area (TPSA) is 79.1 Å². The molecule has 0 amide bonds. The van der Waals surface area contributed by atoms with Gasteiger partial charge >= 0.3 is 0 Å². The Morgan fingerprint density at radius 3 is 2.82 bits per heavy atom. The highest BCUT2D eigenvalue weighted by atomic mass is 16.5. The number of carbonyl (C=O) groups is 1. The highest BCUT2D eigenvalue weighted by Crippen LogP contribution is 2.28. The maximum Gasteiger partial charge on any atom is 0.189 e. The zero-order valence-corrected chi connectivity index (χ0v) is 12.9. The molecule has 2 aromatic rings. The van der Waals surface area contributed by atoms with Crippen molar-refractivity contribution in [1.82, 2.24) is 20.2 Å². The first-order valence-corrected chi connectivity index (χ1v) is 7.38. The SMILES string of the molecule is CCCCn1nnnc1COc1ccc(C=O)cc1OCC. The molecule has 118 valence electrons. The zero-order chi connectivity index (χ0) is 15.8. The second-order valence-electron chi connectivity index (χ2n) is 4.72. The summed E-state index contributed by atoms with van der Waals surface area (Å²) in [7, 11) is 0. The van der Waals surface area contributed by atoms with Crippen LogP contribution >= 0.6 is 0 Å². The highest BCUT2D eigenvalue weighted by molar-refractivity contribution is 5.76. The zero-order valence-electron chi connectivity index (χ0n) is 12.9. The van der Waals surface area contributed by atoms with Crippen LogP contribution in [-0.4, -0.2) is 33.1 Å². The number of rotatable bonds is 9. The van der Waals surface area contributed by atoms with E-state index >= 15 is 0 Å². The first-order chi connectivity index (χ1) is 10.8. The van der Waals surface area contributed by atoms with Gasteiger partial charge in [-0.05, 0) is 42.0 Å². The molecule has 0 bridgehead atoms. The lowest BCUT2D eigenvalue weighted by Gasteiger charge is -2.12. The molecule has 1 aromatic heterocycles. The van der Waals surface area contributed by atoms with E-state index in [1.807, 2.05) is 6.92 Å². The van der Waals surface area contributed by atoms with Gasteiger partial charge in [-0.2, -0.15) is 0 Å². The lowest BCUT2D eigenvalue weighted by Crippen LogP contribution is -2.09. The van der Waals surface area contributed by atoms with Crippen LogP contribution in [0.5, 0.6) is 11.5 Å². The van der Waals surface area contributed by atoms with Gasteiger partial charge in [0.05, 0.1) is 6.61 Å². The highest BCUT2D eigenvalue weighted by Gasteiger charge is 2.10. The number of ether oxygens (including phenoxy) is 2. The lowest BCUT2D eigenvalue weighted by atomic mass is 10.2. The molecule has 0 aliphatic carbocycles. The molecule has 0 saturated carbocycles. The van der Waals surface area contributed by atoms with Gasteiger partial charge < -0.3 is 9.47 Å². The molecule has 1 aromatic carbocycles. The summed E-state index contributed by atoms with van der Waals surface area (Å²) in [6.45, 7) is 5.50. The number of hydrogen-bond donors (Lipinski definition) is 0. The number of aryl methyl sites for hydroxylation is 1. The fraction of sp³-hybridized carbons (Fsp3) is 0.467. The molecule has 0 N–H and O–H groups in total. The molecular weight excluding hydrogens is 284 g/mol. The van der Waals surface area contributed by atoms with Gasteiger partial charge in [0.2, 0.25) is 0 Å². The molecule has 0 saturated heterocycles. The second kappa shape index (κ2) is 8.11. The van der Waals surface area contributed by atoms with Crippen LogP contribution in [-0.2, 0) is 13.2 Å². The minimum Gasteiger partial charge on any atom is -0.490 e. The fourth-order valence-electron chi connectivity index (χ4n) is 1.94. The summed E-state index contributed by atoms with van der Waals surface area (Å²) in [5.41, 5.74) is 0.545. The Morgan fingerprint density at radius 2 is 2.09 bits per heavy atom. The Bertz CT molecular complexity index is 613. The third kappa shape index (κ3) is 4.03. The number of carbonyl (C=O) groups excluding carboxylic acids is 1. The molecule has 0 spiro atoms. The van der Waals surface area contributed by atoms with Crippen LogP contribution in [0.4, 0.5) is 0 Å². The summed E-state index contributed by atoms with van der Waals surface area (Å²) in [5.74, 6) is 1.77. The summed E-state index contributed by atoms with van der Waals surface area (Å²) in [4.78, 5) is 10.8. The van der Waals surface area contributed by atoms with Crippen LogP contribution in [0.3, 0.4) is 0 Å². The first-order valence-electron chi connectivity index (χ1n) is 7.38. The Balaban J connectivity index is 2.07. The van der Waals surface area contributed by atoms with Gasteiger partial charge in [-0.1, -0.05) is 13.3 Å². The smallest absolute Gasteiger partial charge is 0.189 e. The molecule has 0 aliphatic heterocycles. The number of aromatic nitrogens is 4. The van der Waals surface area contributed by atoms with Gasteiger partial charge in [0.25, 0.3) is 0 Å². The summed E-state index contributed by atoms with van der Waals surface area (Å²) in [6, 6.07) is 5.06. The maximum absolute atomic E-state index is 10.8. The lowest BCUT2D eigenvalue weighted by molar-refractivity contribution is 0.112. The quantitative estimate of drug-likeness (QED) is 0.661. The molecule has 7 nitrogen and oxygen atoms in total. The molecule has 22 heavy (non-hydrogen) atoms. The van der Waals surface area contributed by atoms with Gasteiger partial charge in [0.1, 0.15) is 12.9 Å². The summed E-state index contributed by atoms with van der Waals surface area (Å²) >= 11 is 0. The van der Waals surface area contributed by atoms with Crippen molar-refractivity contribution in [3.8, 4) is 11.5 Å². The Kier molecular flexibility index (Phi) is 5.88. The van der Waals surface area contributed by atoms with Gasteiger partial charge in [-0.3, -0.25) is 4.79 Å². The van der Waals surface area contributed by atoms with Crippen LogP contribution in [0.1, 0.15) is 42.9 Å². The molecule has 7 heteroatoms. The molecule has 0 fully saturated rings. The van der Waals surface area contributed by atoms with Crippen molar-refractivity contribution in [2.24, 2.45) is 0 Å². The van der Waals surface area contributed by atoms with E-state index in [1.165, 1.54) is 0 Å². The van der Waals surface area contributed by atoms with E-state index in [0.29, 0.717) is 29.5 Å². The Labute approximate surface area is 129 Å². The van der Waals surface area contributed by atoms with Gasteiger partial charge in [-0.25, -0.2) is 4.68 Å². The second-order valence-corrected chi connectivity index (χ2v) is 4.72. The van der Waals surface area contributed by atoms with Crippen molar-refractivity contribution in [1.29, 1.82) is 0 Å². The number of hydrogen-bond acceptors (Lipinski definition) is 6. The first kappa shape index (κ1) is 15.9. The summed E-state index contributed by atoms with van der Waals surface area (Å²) in [6.07, 6.45) is 2.86. The number of nitrogens with zero attached hydrogens (tertiary/aromatic N) is 4. The molecule has 0 unspecified atom stereocenters.